The number of H-pyrrole nitrogens is 1. The van der Waals surface area contributed by atoms with Crippen molar-refractivity contribution in [2.45, 2.75) is 38.5 Å². The predicted octanol–water partition coefficient (Wildman–Crippen LogP) is 6.15. The van der Waals surface area contributed by atoms with Crippen LogP contribution in [-0.2, 0) is 22.3 Å². The number of hydrogen-bond donors (Lipinski definition) is 1. The van der Waals surface area contributed by atoms with Gasteiger partial charge in [-0.1, -0.05) is 13.0 Å². The Balaban J connectivity index is 1.44. The third kappa shape index (κ3) is 7.95. The summed E-state index contributed by atoms with van der Waals surface area (Å²) < 4.78 is 82.2. The largest absolute Gasteiger partial charge is 0.494 e. The average Bonchev–Trinajstić information content (AvgIpc) is 3.46. The normalized spacial score (nSPS) is 13.7. The number of esters is 1. The molecule has 10 nitrogen and oxygen atoms in total. The van der Waals surface area contributed by atoms with Gasteiger partial charge in [-0.25, -0.2) is 28.5 Å². The van der Waals surface area contributed by atoms with Crippen LogP contribution in [-0.4, -0.2) is 82.5 Å². The Kier molecular flexibility index (Phi) is 10.1. The number of fused-ring (bicyclic) bond motifs is 1. The molecular weight excluding hydrogens is 637 g/mol. The number of aromatic nitrogens is 4. The van der Waals surface area contributed by atoms with Gasteiger partial charge in [-0.05, 0) is 36.8 Å². The van der Waals surface area contributed by atoms with Crippen molar-refractivity contribution in [2.24, 2.45) is 5.10 Å². The first-order chi connectivity index (χ1) is 22.7. The van der Waals surface area contributed by atoms with Gasteiger partial charge in [0.15, 0.2) is 23.5 Å². The molecule has 0 radical (unpaired) electrons. The zero-order chi connectivity index (χ0) is 34.6. The van der Waals surface area contributed by atoms with Gasteiger partial charge in [-0.3, -0.25) is 5.01 Å². The number of nitrogens with one attached hydrogen (secondary N) is 1. The fraction of sp³-hybridized carbons (Fsp3) is 0.364. The smallest absolute Gasteiger partial charge is 0.417 e. The van der Waals surface area contributed by atoms with Crippen LogP contribution in [0.25, 0.3) is 22.8 Å². The first-order valence-electron chi connectivity index (χ1n) is 15.2. The molecule has 48 heavy (non-hydrogen) atoms. The second-order valence-electron chi connectivity index (χ2n) is 12.2. The zero-order valence-corrected chi connectivity index (χ0v) is 26.8. The molecule has 1 aliphatic rings. The van der Waals surface area contributed by atoms with Gasteiger partial charge in [0.2, 0.25) is 0 Å². The van der Waals surface area contributed by atoms with Crippen molar-refractivity contribution in [3.63, 3.8) is 0 Å². The summed E-state index contributed by atoms with van der Waals surface area (Å²) in [5.74, 6) is -2.84. The minimum Gasteiger partial charge on any atom is -0.494 e. The predicted molar refractivity (Wildman–Crippen MR) is 167 cm³/mol. The lowest BCUT2D eigenvalue weighted by Crippen LogP contribution is -2.37. The number of hydrazone groups is 1. The topological polar surface area (TPSA) is 106 Å². The SMILES string of the molecule is CCCOc1ccc(-c2ncc(C(C(=O)OCCC[N+](C)(C)C)N3Cc4[nH]c(-c5cccc(F)c5F)nc4C=N3)cn2)c(C(F)(F)F)c1. The van der Waals surface area contributed by atoms with E-state index in [0.717, 1.165) is 18.7 Å². The third-order valence-electron chi connectivity index (χ3n) is 7.40. The van der Waals surface area contributed by atoms with Crippen molar-refractivity contribution >= 4 is 12.2 Å². The van der Waals surface area contributed by atoms with E-state index in [-0.39, 0.29) is 53.8 Å². The first kappa shape index (κ1) is 34.4. The van der Waals surface area contributed by atoms with Gasteiger partial charge in [0.05, 0.1) is 70.5 Å². The minimum atomic E-state index is -4.71. The molecule has 0 aliphatic carbocycles. The first-order valence-corrected chi connectivity index (χ1v) is 15.2. The Bertz CT molecular complexity index is 1790. The Labute approximate surface area is 273 Å². The van der Waals surface area contributed by atoms with Crippen LogP contribution in [0.15, 0.2) is 53.9 Å². The van der Waals surface area contributed by atoms with E-state index >= 15 is 0 Å². The molecule has 1 N–H and O–H groups in total. The van der Waals surface area contributed by atoms with Gasteiger partial charge < -0.3 is 18.9 Å². The highest BCUT2D eigenvalue weighted by Gasteiger charge is 2.36. The molecule has 1 aliphatic heterocycles. The van der Waals surface area contributed by atoms with Crippen LogP contribution in [0.3, 0.4) is 0 Å². The zero-order valence-electron chi connectivity index (χ0n) is 26.8. The van der Waals surface area contributed by atoms with Crippen molar-refractivity contribution in [1.29, 1.82) is 0 Å². The summed E-state index contributed by atoms with van der Waals surface area (Å²) in [7, 11) is 6.02. The number of ether oxygens (including phenoxy) is 2. The van der Waals surface area contributed by atoms with Crippen LogP contribution in [0.1, 0.15) is 48.3 Å². The molecule has 254 valence electrons. The molecule has 3 heterocycles. The van der Waals surface area contributed by atoms with Crippen LogP contribution >= 0.6 is 0 Å². The van der Waals surface area contributed by atoms with Crippen molar-refractivity contribution in [3.8, 4) is 28.5 Å². The molecule has 0 amide bonds. The molecule has 5 rings (SSSR count). The van der Waals surface area contributed by atoms with Crippen molar-refractivity contribution in [3.05, 3.63) is 82.9 Å². The molecule has 15 heteroatoms. The number of carbonyl (C=O) groups excluding carboxylic acids is 1. The highest BCUT2D eigenvalue weighted by atomic mass is 19.4. The van der Waals surface area contributed by atoms with E-state index in [1.165, 1.54) is 47.9 Å². The van der Waals surface area contributed by atoms with Crippen LogP contribution in [0.5, 0.6) is 5.75 Å². The molecule has 1 unspecified atom stereocenters. The van der Waals surface area contributed by atoms with Crippen molar-refractivity contribution < 1.29 is 40.7 Å². The standard InChI is InChI=1S/C33H35F5N7O3/c1-5-13-47-21-10-11-22(24(15-21)33(36,37)38)30-39-16-20(17-40-30)29(32(46)48-14-7-12-45(2,3)4)44-19-27-26(18-41-44)42-31(43-27)23-8-6-9-25(34)28(23)35/h6,8-11,15-18,29H,5,7,12-14,19H2,1-4H3,(H,42,43)/q+1. The van der Waals surface area contributed by atoms with Gasteiger partial charge in [-0.15, -0.1) is 0 Å². The lowest BCUT2D eigenvalue weighted by molar-refractivity contribution is -0.870. The molecule has 1 atom stereocenters. The molecule has 0 bridgehead atoms. The maximum Gasteiger partial charge on any atom is 0.417 e. The number of nitrogens with zero attached hydrogens (tertiary/aromatic N) is 6. The van der Waals surface area contributed by atoms with Gasteiger partial charge in [-0.2, -0.15) is 18.3 Å². The Morgan fingerprint density at radius 1 is 1.06 bits per heavy atom. The highest BCUT2D eigenvalue weighted by Crippen LogP contribution is 2.38. The molecule has 0 saturated carbocycles. The number of halogens is 5. The summed E-state index contributed by atoms with van der Waals surface area (Å²) in [5.41, 5.74) is -0.266. The number of rotatable bonds is 12. The van der Waals surface area contributed by atoms with Gasteiger partial charge >= 0.3 is 12.1 Å². The monoisotopic (exact) mass is 672 g/mol. The lowest BCUT2D eigenvalue weighted by atomic mass is 10.0. The fourth-order valence-electron chi connectivity index (χ4n) is 5.06. The number of alkyl halides is 3. The maximum absolute atomic E-state index is 14.5. The van der Waals surface area contributed by atoms with Crippen LogP contribution in [0.4, 0.5) is 22.0 Å². The maximum atomic E-state index is 14.5. The molecule has 0 spiro atoms. The second kappa shape index (κ2) is 14.1. The molecule has 2 aromatic heterocycles. The Morgan fingerprint density at radius 2 is 1.81 bits per heavy atom. The molecule has 0 fully saturated rings. The highest BCUT2D eigenvalue weighted by molar-refractivity contribution is 5.82. The van der Waals surface area contributed by atoms with E-state index in [9.17, 15) is 26.7 Å². The van der Waals surface area contributed by atoms with Gasteiger partial charge in [0.1, 0.15) is 17.3 Å². The van der Waals surface area contributed by atoms with E-state index in [2.05, 4.69) is 25.0 Å². The van der Waals surface area contributed by atoms with E-state index in [0.29, 0.717) is 28.7 Å². The molecule has 4 aromatic rings. The number of imidazole rings is 1. The lowest BCUT2D eigenvalue weighted by Gasteiger charge is -2.29. The number of benzene rings is 2. The number of quaternary nitrogens is 1. The summed E-state index contributed by atoms with van der Waals surface area (Å²) in [6, 6.07) is 6.11. The van der Waals surface area contributed by atoms with Crippen LogP contribution in [0, 0.1) is 11.6 Å². The summed E-state index contributed by atoms with van der Waals surface area (Å²) in [6.07, 6.45) is 0.370. The Hall–Kier alpha value is -4.92. The van der Waals surface area contributed by atoms with Crippen LogP contribution < -0.4 is 4.74 Å². The molecule has 2 aromatic carbocycles. The second-order valence-corrected chi connectivity index (χ2v) is 12.2. The van der Waals surface area contributed by atoms with Gasteiger partial charge in [0.25, 0.3) is 0 Å². The number of carbonyl (C=O) groups is 1. The molecular formula is C33H35F5N7O3+. The van der Waals surface area contributed by atoms with E-state index in [4.69, 9.17) is 9.47 Å². The van der Waals surface area contributed by atoms with Crippen molar-refractivity contribution in [1.82, 2.24) is 24.9 Å². The summed E-state index contributed by atoms with van der Waals surface area (Å²) in [6.45, 7) is 2.93. The molecule has 0 saturated heterocycles. The summed E-state index contributed by atoms with van der Waals surface area (Å²) in [4.78, 5) is 29.3. The van der Waals surface area contributed by atoms with Gasteiger partial charge in [0, 0.05) is 29.9 Å². The summed E-state index contributed by atoms with van der Waals surface area (Å²) in [5, 5.41) is 5.76. The van der Waals surface area contributed by atoms with E-state index < -0.39 is 35.4 Å². The average molecular weight is 673 g/mol. The van der Waals surface area contributed by atoms with Crippen molar-refractivity contribution in [2.75, 3.05) is 40.9 Å². The summed E-state index contributed by atoms with van der Waals surface area (Å²) >= 11 is 0. The Morgan fingerprint density at radius 3 is 2.50 bits per heavy atom. The van der Waals surface area contributed by atoms with E-state index in [1.807, 2.05) is 28.1 Å². The van der Waals surface area contributed by atoms with E-state index in [1.54, 1.807) is 0 Å². The number of hydrogen-bond acceptors (Lipinski definition) is 8. The number of aromatic amines is 1. The minimum absolute atomic E-state index is 0.0202. The third-order valence-corrected chi connectivity index (χ3v) is 7.40. The fourth-order valence-corrected chi connectivity index (χ4v) is 5.06. The van der Waals surface area contributed by atoms with Crippen LogP contribution in [0.2, 0.25) is 0 Å². The quantitative estimate of drug-likeness (QED) is 0.0834.